The molecule has 0 aromatic heterocycles. The van der Waals surface area contributed by atoms with Crippen LogP contribution in [0.2, 0.25) is 5.02 Å². The molecule has 0 N–H and O–H groups in total. The molecule has 0 radical (unpaired) electrons. The first-order chi connectivity index (χ1) is 11.4. The lowest BCUT2D eigenvalue weighted by Crippen LogP contribution is -2.30. The Morgan fingerprint density at radius 2 is 1.88 bits per heavy atom. The van der Waals surface area contributed by atoms with Gasteiger partial charge >= 0.3 is 6.18 Å². The van der Waals surface area contributed by atoms with Crippen molar-refractivity contribution in [2.45, 2.75) is 11.6 Å². The lowest BCUT2D eigenvalue weighted by molar-refractivity contribution is -0.137. The molecule has 3 rings (SSSR count). The van der Waals surface area contributed by atoms with Crippen LogP contribution in [0.25, 0.3) is 0 Å². The first-order valence-electron chi connectivity index (χ1n) is 7.21. The topological polar surface area (TPSA) is 20.3 Å². The number of hydrogen-bond donors (Lipinski definition) is 0. The van der Waals surface area contributed by atoms with Crippen molar-refractivity contribution in [3.05, 3.63) is 70.2 Å². The van der Waals surface area contributed by atoms with Crippen molar-refractivity contribution in [2.24, 2.45) is 0 Å². The molecule has 2 aromatic rings. The van der Waals surface area contributed by atoms with Gasteiger partial charge in [-0.1, -0.05) is 29.8 Å². The summed E-state index contributed by atoms with van der Waals surface area (Å²) >= 11 is 7.46. The largest absolute Gasteiger partial charge is 0.416 e. The van der Waals surface area contributed by atoms with Gasteiger partial charge in [-0.15, -0.1) is 11.8 Å². The van der Waals surface area contributed by atoms with E-state index < -0.39 is 17.6 Å². The minimum absolute atomic E-state index is 0.0475. The molecule has 1 saturated heterocycles. The average molecular weight is 372 g/mol. The predicted octanol–water partition coefficient (Wildman–Crippen LogP) is 5.25. The van der Waals surface area contributed by atoms with Crippen molar-refractivity contribution in [3.63, 3.8) is 0 Å². The number of benzene rings is 2. The summed E-state index contributed by atoms with van der Waals surface area (Å²) in [6, 6.07) is 11.7. The van der Waals surface area contributed by atoms with Gasteiger partial charge in [-0.25, -0.2) is 0 Å². The van der Waals surface area contributed by atoms with E-state index in [4.69, 9.17) is 11.6 Å². The Morgan fingerprint density at radius 3 is 2.54 bits per heavy atom. The van der Waals surface area contributed by atoms with E-state index >= 15 is 0 Å². The SMILES string of the molecule is O=C(c1cccc(C(F)(F)F)c1)N1CCSC1c1ccc(Cl)cc1. The second-order valence-corrected chi connectivity index (χ2v) is 6.98. The van der Waals surface area contributed by atoms with Gasteiger partial charge in [-0.05, 0) is 35.9 Å². The van der Waals surface area contributed by atoms with E-state index in [1.165, 1.54) is 12.1 Å². The normalized spacial score (nSPS) is 18.0. The molecule has 1 fully saturated rings. The molecule has 1 unspecified atom stereocenters. The number of hydrogen-bond acceptors (Lipinski definition) is 2. The van der Waals surface area contributed by atoms with Gasteiger partial charge in [0.25, 0.3) is 5.91 Å². The van der Waals surface area contributed by atoms with Gasteiger partial charge in [0.2, 0.25) is 0 Å². The van der Waals surface area contributed by atoms with Crippen molar-refractivity contribution >= 4 is 29.3 Å². The molecule has 24 heavy (non-hydrogen) atoms. The van der Waals surface area contributed by atoms with Gasteiger partial charge in [0, 0.05) is 22.9 Å². The third-order valence-corrected chi connectivity index (χ3v) is 5.26. The number of amides is 1. The zero-order valence-electron chi connectivity index (χ0n) is 12.4. The van der Waals surface area contributed by atoms with Crippen LogP contribution >= 0.6 is 23.4 Å². The quantitative estimate of drug-likeness (QED) is 0.719. The van der Waals surface area contributed by atoms with Crippen molar-refractivity contribution < 1.29 is 18.0 Å². The summed E-state index contributed by atoms with van der Waals surface area (Å²) in [4.78, 5) is 14.3. The molecule has 1 atom stereocenters. The first-order valence-corrected chi connectivity index (χ1v) is 8.64. The molecular formula is C17H13ClF3NOS. The van der Waals surface area contributed by atoms with Gasteiger partial charge in [0.15, 0.2) is 0 Å². The minimum atomic E-state index is -4.47. The fourth-order valence-electron chi connectivity index (χ4n) is 2.58. The van der Waals surface area contributed by atoms with Gasteiger partial charge < -0.3 is 4.90 Å². The fraction of sp³-hybridized carbons (Fsp3) is 0.235. The number of nitrogens with zero attached hydrogens (tertiary/aromatic N) is 1. The Bertz CT molecular complexity index is 748. The highest BCUT2D eigenvalue weighted by molar-refractivity contribution is 7.99. The number of carbonyl (C=O) groups excluding carboxylic acids is 1. The molecule has 1 aliphatic heterocycles. The van der Waals surface area contributed by atoms with Crippen LogP contribution in [0.1, 0.15) is 26.9 Å². The summed E-state index contributed by atoms with van der Waals surface area (Å²) in [6.45, 7) is 0.493. The summed E-state index contributed by atoms with van der Waals surface area (Å²) in [6.07, 6.45) is -4.47. The van der Waals surface area contributed by atoms with Crippen molar-refractivity contribution in [1.82, 2.24) is 4.90 Å². The molecular weight excluding hydrogens is 359 g/mol. The number of alkyl halides is 3. The Labute approximate surface area is 146 Å². The Morgan fingerprint density at radius 1 is 1.17 bits per heavy atom. The summed E-state index contributed by atoms with van der Waals surface area (Å²) in [7, 11) is 0. The van der Waals surface area contributed by atoms with Gasteiger partial charge in [0.1, 0.15) is 5.37 Å². The molecule has 0 saturated carbocycles. The Balaban J connectivity index is 1.87. The van der Waals surface area contributed by atoms with Crippen LogP contribution in [-0.2, 0) is 6.18 Å². The zero-order valence-corrected chi connectivity index (χ0v) is 14.0. The third kappa shape index (κ3) is 3.54. The van der Waals surface area contributed by atoms with E-state index in [-0.39, 0.29) is 10.9 Å². The van der Waals surface area contributed by atoms with Crippen LogP contribution in [-0.4, -0.2) is 23.1 Å². The highest BCUT2D eigenvalue weighted by Gasteiger charge is 2.34. The molecule has 2 aromatic carbocycles. The minimum Gasteiger partial charge on any atom is -0.322 e. The average Bonchev–Trinajstić information content (AvgIpc) is 3.04. The van der Waals surface area contributed by atoms with Crippen LogP contribution in [0, 0.1) is 0 Å². The van der Waals surface area contributed by atoms with Crippen molar-refractivity contribution in [3.8, 4) is 0 Å². The van der Waals surface area contributed by atoms with Gasteiger partial charge in [-0.3, -0.25) is 4.79 Å². The lowest BCUT2D eigenvalue weighted by atomic mass is 10.1. The maximum absolute atomic E-state index is 12.8. The second-order valence-electron chi connectivity index (χ2n) is 5.35. The van der Waals surface area contributed by atoms with E-state index in [9.17, 15) is 18.0 Å². The summed E-state index contributed by atoms with van der Waals surface area (Å²) < 4.78 is 38.5. The summed E-state index contributed by atoms with van der Waals surface area (Å²) in [5, 5.41) is 0.377. The fourth-order valence-corrected chi connectivity index (χ4v) is 3.96. The highest BCUT2D eigenvalue weighted by atomic mass is 35.5. The van der Waals surface area contributed by atoms with Crippen LogP contribution < -0.4 is 0 Å². The second kappa shape index (κ2) is 6.69. The summed E-state index contributed by atoms with van der Waals surface area (Å²) in [5.41, 5.74) is 0.136. The molecule has 126 valence electrons. The first kappa shape index (κ1) is 17.2. The van der Waals surface area contributed by atoms with Gasteiger partial charge in [-0.2, -0.15) is 13.2 Å². The molecule has 1 aliphatic rings. The van der Waals surface area contributed by atoms with Crippen LogP contribution in [0.4, 0.5) is 13.2 Å². The van der Waals surface area contributed by atoms with Crippen LogP contribution in [0.15, 0.2) is 48.5 Å². The van der Waals surface area contributed by atoms with Crippen LogP contribution in [0.5, 0.6) is 0 Å². The highest BCUT2D eigenvalue weighted by Crippen LogP contribution is 2.39. The molecule has 1 heterocycles. The van der Waals surface area contributed by atoms with Crippen LogP contribution in [0.3, 0.4) is 0 Å². The third-order valence-electron chi connectivity index (χ3n) is 3.74. The number of halogens is 4. The number of thioether (sulfide) groups is 1. The maximum Gasteiger partial charge on any atom is 0.416 e. The Kier molecular flexibility index (Phi) is 4.78. The molecule has 0 aliphatic carbocycles. The van der Waals surface area contributed by atoms with E-state index in [1.807, 2.05) is 12.1 Å². The van der Waals surface area contributed by atoms with E-state index in [1.54, 1.807) is 28.8 Å². The summed E-state index contributed by atoms with van der Waals surface area (Å²) in [5.74, 6) is 0.337. The molecule has 7 heteroatoms. The Hall–Kier alpha value is -1.66. The molecule has 0 spiro atoms. The van der Waals surface area contributed by atoms with Crippen molar-refractivity contribution in [1.29, 1.82) is 0 Å². The molecule has 2 nitrogen and oxygen atoms in total. The monoisotopic (exact) mass is 371 g/mol. The predicted molar refractivity (Wildman–Crippen MR) is 89.1 cm³/mol. The van der Waals surface area contributed by atoms with E-state index in [2.05, 4.69) is 0 Å². The van der Waals surface area contributed by atoms with Crippen molar-refractivity contribution in [2.75, 3.05) is 12.3 Å². The standard InChI is InChI=1S/C17H13ClF3NOS/c18-14-6-4-11(5-7-14)16-22(8-9-24-16)15(23)12-2-1-3-13(10-12)17(19,20)21/h1-7,10,16H,8-9H2. The van der Waals surface area contributed by atoms with E-state index in [0.717, 1.165) is 23.4 Å². The smallest absolute Gasteiger partial charge is 0.322 e. The van der Waals surface area contributed by atoms with E-state index in [0.29, 0.717) is 11.6 Å². The number of carbonyl (C=O) groups is 1. The van der Waals surface area contributed by atoms with Gasteiger partial charge in [0.05, 0.1) is 5.56 Å². The molecule has 1 amide bonds. The lowest BCUT2D eigenvalue weighted by Gasteiger charge is -2.24. The zero-order chi connectivity index (χ0) is 17.3. The molecule has 0 bridgehead atoms. The number of rotatable bonds is 2. The maximum atomic E-state index is 12.8.